The van der Waals surface area contributed by atoms with Crippen molar-refractivity contribution in [1.82, 2.24) is 5.32 Å². The average molecular weight is 426 g/mol. The predicted molar refractivity (Wildman–Crippen MR) is 114 cm³/mol. The van der Waals surface area contributed by atoms with Crippen LogP contribution in [0.4, 0.5) is 5.69 Å². The first-order valence-electron chi connectivity index (χ1n) is 9.10. The molecule has 0 fully saturated rings. The molecule has 0 spiro atoms. The van der Waals surface area contributed by atoms with Crippen molar-refractivity contribution >= 4 is 21.6 Å². The first kappa shape index (κ1) is 21.2. The molecular weight excluding hydrogens is 404 g/mol. The fourth-order valence-corrected chi connectivity index (χ4v) is 3.91. The fraction of sp³-hybridized carbons (Fsp3) is 0.136. The van der Waals surface area contributed by atoms with Crippen molar-refractivity contribution in [3.63, 3.8) is 0 Å². The summed E-state index contributed by atoms with van der Waals surface area (Å²) in [7, 11) is -0.766. The average Bonchev–Trinajstić information content (AvgIpc) is 2.78. The van der Waals surface area contributed by atoms with Gasteiger partial charge in [0.05, 0.1) is 19.1 Å². The number of methoxy groups -OCH3 is 2. The van der Waals surface area contributed by atoms with E-state index in [2.05, 4.69) is 10.0 Å². The Kier molecular flexibility index (Phi) is 6.58. The number of carbonyl (C=O) groups excluding carboxylic acids is 1. The second kappa shape index (κ2) is 9.32. The van der Waals surface area contributed by atoms with Gasteiger partial charge >= 0.3 is 0 Å². The van der Waals surface area contributed by atoms with Crippen LogP contribution in [0, 0.1) is 0 Å². The maximum absolute atomic E-state index is 12.7. The maximum Gasteiger partial charge on any atom is 0.261 e. The lowest BCUT2D eigenvalue weighted by molar-refractivity contribution is 0.0950. The third kappa shape index (κ3) is 5.09. The Morgan fingerprint density at radius 3 is 2.33 bits per heavy atom. The van der Waals surface area contributed by atoms with Crippen LogP contribution in [0.25, 0.3) is 0 Å². The molecule has 0 aliphatic rings. The van der Waals surface area contributed by atoms with E-state index in [1.807, 2.05) is 18.2 Å². The number of benzene rings is 3. The van der Waals surface area contributed by atoms with Gasteiger partial charge in [0.1, 0.15) is 11.5 Å². The summed E-state index contributed by atoms with van der Waals surface area (Å²) in [5.41, 5.74) is 1.45. The van der Waals surface area contributed by atoms with E-state index in [0.717, 1.165) is 5.56 Å². The van der Waals surface area contributed by atoms with E-state index < -0.39 is 10.0 Å². The summed E-state index contributed by atoms with van der Waals surface area (Å²) in [5, 5.41) is 2.78. The number of hydrogen-bond donors (Lipinski definition) is 2. The molecule has 0 heterocycles. The van der Waals surface area contributed by atoms with Crippen molar-refractivity contribution < 1.29 is 22.7 Å². The molecular formula is C22H22N2O5S. The summed E-state index contributed by atoms with van der Waals surface area (Å²) >= 11 is 0. The molecule has 2 N–H and O–H groups in total. The minimum Gasteiger partial charge on any atom is -0.497 e. The molecule has 0 aromatic heterocycles. The summed E-state index contributed by atoms with van der Waals surface area (Å²) in [4.78, 5) is 12.5. The Morgan fingerprint density at radius 2 is 1.63 bits per heavy atom. The molecule has 3 aromatic rings. The summed E-state index contributed by atoms with van der Waals surface area (Å²) in [5.74, 6) is 0.895. The number of hydrogen-bond acceptors (Lipinski definition) is 5. The van der Waals surface area contributed by atoms with Crippen LogP contribution in [-0.4, -0.2) is 28.5 Å². The molecule has 0 atom stereocenters. The molecule has 0 saturated carbocycles. The normalized spacial score (nSPS) is 10.9. The van der Waals surface area contributed by atoms with Crippen LogP contribution in [0.15, 0.2) is 77.7 Å². The van der Waals surface area contributed by atoms with E-state index in [0.29, 0.717) is 17.2 Å². The van der Waals surface area contributed by atoms with Gasteiger partial charge in [0.15, 0.2) is 0 Å². The van der Waals surface area contributed by atoms with Crippen molar-refractivity contribution in [2.45, 2.75) is 11.4 Å². The van der Waals surface area contributed by atoms with Gasteiger partial charge in [-0.25, -0.2) is 8.42 Å². The van der Waals surface area contributed by atoms with Crippen molar-refractivity contribution in [3.8, 4) is 11.5 Å². The van der Waals surface area contributed by atoms with Gasteiger partial charge in [-0.1, -0.05) is 24.3 Å². The van der Waals surface area contributed by atoms with Crippen LogP contribution in [0.5, 0.6) is 11.5 Å². The highest BCUT2D eigenvalue weighted by molar-refractivity contribution is 7.92. The molecule has 0 saturated heterocycles. The standard InChI is InChI=1S/C22H22N2O5S/c1-28-19-12-10-18(11-13-19)24-30(26,27)20-8-5-7-16(14-20)22(25)23-15-17-6-3-4-9-21(17)29-2/h3-14,24H,15H2,1-2H3,(H,23,25). The van der Waals surface area contributed by atoms with E-state index in [1.165, 1.54) is 25.3 Å². The number of sulfonamides is 1. The van der Waals surface area contributed by atoms with Crippen LogP contribution in [0.1, 0.15) is 15.9 Å². The molecule has 0 radical (unpaired) electrons. The maximum atomic E-state index is 12.7. The van der Waals surface area contributed by atoms with Gasteiger partial charge in [-0.05, 0) is 48.5 Å². The van der Waals surface area contributed by atoms with Gasteiger partial charge in [-0.3, -0.25) is 9.52 Å². The summed E-state index contributed by atoms with van der Waals surface area (Å²) < 4.78 is 38.2. The second-order valence-electron chi connectivity index (χ2n) is 6.36. The number of para-hydroxylation sites is 1. The van der Waals surface area contributed by atoms with Gasteiger partial charge in [-0.15, -0.1) is 0 Å². The number of ether oxygens (including phenoxy) is 2. The fourth-order valence-electron chi connectivity index (χ4n) is 2.80. The largest absolute Gasteiger partial charge is 0.497 e. The van der Waals surface area contributed by atoms with Gasteiger partial charge in [0, 0.05) is 23.4 Å². The van der Waals surface area contributed by atoms with E-state index in [9.17, 15) is 13.2 Å². The molecule has 1 amide bonds. The van der Waals surface area contributed by atoms with Crippen molar-refractivity contribution in [2.75, 3.05) is 18.9 Å². The number of anilines is 1. The van der Waals surface area contributed by atoms with Crippen LogP contribution < -0.4 is 19.5 Å². The quantitative estimate of drug-likeness (QED) is 0.576. The number of amides is 1. The highest BCUT2D eigenvalue weighted by atomic mass is 32.2. The molecule has 30 heavy (non-hydrogen) atoms. The Bertz CT molecular complexity index is 1130. The van der Waals surface area contributed by atoms with Crippen LogP contribution in [0.2, 0.25) is 0 Å². The van der Waals surface area contributed by atoms with E-state index in [-0.39, 0.29) is 22.9 Å². The lowest BCUT2D eigenvalue weighted by Crippen LogP contribution is -2.23. The van der Waals surface area contributed by atoms with Crippen LogP contribution in [-0.2, 0) is 16.6 Å². The Balaban J connectivity index is 1.73. The first-order valence-corrected chi connectivity index (χ1v) is 10.6. The third-order valence-electron chi connectivity index (χ3n) is 4.38. The lowest BCUT2D eigenvalue weighted by atomic mass is 10.2. The molecule has 0 aliphatic carbocycles. The van der Waals surface area contributed by atoms with Crippen molar-refractivity contribution in [3.05, 3.63) is 83.9 Å². The molecule has 156 valence electrons. The second-order valence-corrected chi connectivity index (χ2v) is 8.04. The molecule has 8 heteroatoms. The summed E-state index contributed by atoms with van der Waals surface area (Å²) in [6.45, 7) is 0.254. The number of carbonyl (C=O) groups is 1. The summed E-state index contributed by atoms with van der Waals surface area (Å²) in [6.07, 6.45) is 0. The molecule has 0 aliphatic heterocycles. The van der Waals surface area contributed by atoms with Gasteiger partial charge in [-0.2, -0.15) is 0 Å². The molecule has 3 aromatic carbocycles. The van der Waals surface area contributed by atoms with Crippen LogP contribution >= 0.6 is 0 Å². The Labute approximate surface area is 175 Å². The Morgan fingerprint density at radius 1 is 0.900 bits per heavy atom. The van der Waals surface area contributed by atoms with Gasteiger partial charge in [0.2, 0.25) is 0 Å². The zero-order valence-corrected chi connectivity index (χ0v) is 17.4. The summed E-state index contributed by atoms with van der Waals surface area (Å²) in [6, 6.07) is 19.7. The highest BCUT2D eigenvalue weighted by Gasteiger charge is 2.17. The SMILES string of the molecule is COc1ccc(NS(=O)(=O)c2cccc(C(=O)NCc3ccccc3OC)c2)cc1. The zero-order chi connectivity index (χ0) is 21.6. The highest BCUT2D eigenvalue weighted by Crippen LogP contribution is 2.20. The van der Waals surface area contributed by atoms with E-state index in [4.69, 9.17) is 9.47 Å². The van der Waals surface area contributed by atoms with E-state index >= 15 is 0 Å². The molecule has 3 rings (SSSR count). The monoisotopic (exact) mass is 426 g/mol. The lowest BCUT2D eigenvalue weighted by Gasteiger charge is -2.11. The molecule has 7 nitrogen and oxygen atoms in total. The minimum atomic E-state index is -3.86. The minimum absolute atomic E-state index is 0.0109. The topological polar surface area (TPSA) is 93.7 Å². The van der Waals surface area contributed by atoms with Crippen molar-refractivity contribution in [2.24, 2.45) is 0 Å². The third-order valence-corrected chi connectivity index (χ3v) is 5.76. The van der Waals surface area contributed by atoms with Gasteiger partial charge < -0.3 is 14.8 Å². The number of nitrogens with one attached hydrogen (secondary N) is 2. The van der Waals surface area contributed by atoms with E-state index in [1.54, 1.807) is 43.5 Å². The Hall–Kier alpha value is -3.52. The van der Waals surface area contributed by atoms with Gasteiger partial charge in [0.25, 0.3) is 15.9 Å². The predicted octanol–water partition coefficient (Wildman–Crippen LogP) is 3.43. The molecule has 0 bridgehead atoms. The van der Waals surface area contributed by atoms with Crippen LogP contribution in [0.3, 0.4) is 0 Å². The number of rotatable bonds is 8. The van der Waals surface area contributed by atoms with Crippen molar-refractivity contribution in [1.29, 1.82) is 0 Å². The smallest absolute Gasteiger partial charge is 0.261 e. The molecule has 0 unspecified atom stereocenters. The first-order chi connectivity index (χ1) is 14.4. The zero-order valence-electron chi connectivity index (χ0n) is 16.6.